The molecule has 0 unspecified atom stereocenters. The zero-order chi connectivity index (χ0) is 14.4. The summed E-state index contributed by atoms with van der Waals surface area (Å²) in [5, 5.41) is 7.01. The van der Waals surface area contributed by atoms with E-state index in [9.17, 15) is 4.79 Å². The number of carbonyl (C=O) groups is 1. The average molecular weight is 272 g/mol. The third kappa shape index (κ3) is 3.68. The van der Waals surface area contributed by atoms with Crippen LogP contribution in [0.1, 0.15) is 26.2 Å². The van der Waals surface area contributed by atoms with E-state index in [0.29, 0.717) is 6.42 Å². The number of rotatable bonds is 6. The minimum absolute atomic E-state index is 0.143. The molecule has 0 fully saturated rings. The Balaban J connectivity index is 2.03. The number of unbranched alkanes of at least 4 members (excludes halogenated alkanes) is 1. The standard InChI is InChI=1S/C15H20N4O/c1-2-3-8-14(16)15(20)18-12-6-4-7-13(11-12)19-10-5-9-17-19/h4-7,9-11,14H,2-3,8,16H2,1H3,(H,18,20)/t14-/m0/s1. The van der Waals surface area contributed by atoms with Gasteiger partial charge in [-0.15, -0.1) is 0 Å². The summed E-state index contributed by atoms with van der Waals surface area (Å²) >= 11 is 0. The lowest BCUT2D eigenvalue weighted by molar-refractivity contribution is -0.117. The highest BCUT2D eigenvalue weighted by atomic mass is 16.2. The van der Waals surface area contributed by atoms with Gasteiger partial charge in [0.25, 0.3) is 0 Å². The van der Waals surface area contributed by atoms with Crippen molar-refractivity contribution >= 4 is 11.6 Å². The van der Waals surface area contributed by atoms with Crippen molar-refractivity contribution < 1.29 is 4.79 Å². The van der Waals surface area contributed by atoms with Crippen LogP contribution in [-0.2, 0) is 4.79 Å². The number of hydrogen-bond donors (Lipinski definition) is 2. The van der Waals surface area contributed by atoms with Crippen molar-refractivity contribution in [1.82, 2.24) is 9.78 Å². The molecular formula is C15H20N4O. The van der Waals surface area contributed by atoms with Gasteiger partial charge in [-0.3, -0.25) is 4.79 Å². The van der Waals surface area contributed by atoms with Gasteiger partial charge in [0.15, 0.2) is 0 Å². The van der Waals surface area contributed by atoms with Gasteiger partial charge in [0, 0.05) is 18.1 Å². The number of anilines is 1. The molecule has 3 N–H and O–H groups in total. The second kappa shape index (κ2) is 6.86. The molecule has 0 spiro atoms. The molecule has 1 atom stereocenters. The van der Waals surface area contributed by atoms with Gasteiger partial charge in [0.2, 0.25) is 5.91 Å². The number of nitrogens with two attached hydrogens (primary N) is 1. The second-order valence-electron chi connectivity index (χ2n) is 4.74. The normalized spacial score (nSPS) is 12.1. The van der Waals surface area contributed by atoms with Crippen LogP contribution in [0.4, 0.5) is 5.69 Å². The molecule has 20 heavy (non-hydrogen) atoms. The fraction of sp³-hybridized carbons (Fsp3) is 0.333. The van der Waals surface area contributed by atoms with E-state index in [-0.39, 0.29) is 5.91 Å². The molecule has 1 heterocycles. The van der Waals surface area contributed by atoms with E-state index in [1.807, 2.05) is 36.5 Å². The second-order valence-corrected chi connectivity index (χ2v) is 4.74. The number of nitrogens with one attached hydrogen (secondary N) is 1. The fourth-order valence-electron chi connectivity index (χ4n) is 1.94. The van der Waals surface area contributed by atoms with Crippen molar-refractivity contribution in [2.24, 2.45) is 5.73 Å². The smallest absolute Gasteiger partial charge is 0.241 e. The Hall–Kier alpha value is -2.14. The van der Waals surface area contributed by atoms with Crippen LogP contribution < -0.4 is 11.1 Å². The summed E-state index contributed by atoms with van der Waals surface area (Å²) in [4.78, 5) is 12.0. The Kier molecular flexibility index (Phi) is 4.90. The van der Waals surface area contributed by atoms with Gasteiger partial charge in [-0.2, -0.15) is 5.10 Å². The summed E-state index contributed by atoms with van der Waals surface area (Å²) < 4.78 is 1.74. The summed E-state index contributed by atoms with van der Waals surface area (Å²) in [6, 6.07) is 8.92. The number of amides is 1. The van der Waals surface area contributed by atoms with E-state index in [1.54, 1.807) is 10.9 Å². The highest BCUT2D eigenvalue weighted by Gasteiger charge is 2.12. The van der Waals surface area contributed by atoms with E-state index in [0.717, 1.165) is 24.2 Å². The third-order valence-corrected chi connectivity index (χ3v) is 3.09. The number of hydrogen-bond acceptors (Lipinski definition) is 3. The van der Waals surface area contributed by atoms with Crippen molar-refractivity contribution in [2.75, 3.05) is 5.32 Å². The summed E-state index contributed by atoms with van der Waals surface area (Å²) in [7, 11) is 0. The van der Waals surface area contributed by atoms with Gasteiger partial charge < -0.3 is 11.1 Å². The molecular weight excluding hydrogens is 252 g/mol. The minimum atomic E-state index is -0.455. The van der Waals surface area contributed by atoms with Crippen molar-refractivity contribution in [3.63, 3.8) is 0 Å². The van der Waals surface area contributed by atoms with Crippen LogP contribution in [0.3, 0.4) is 0 Å². The van der Waals surface area contributed by atoms with Crippen LogP contribution in [0, 0.1) is 0 Å². The Morgan fingerprint density at radius 2 is 2.30 bits per heavy atom. The Labute approximate surface area is 118 Å². The number of carbonyl (C=O) groups excluding carboxylic acids is 1. The Morgan fingerprint density at radius 3 is 3.00 bits per heavy atom. The quantitative estimate of drug-likeness (QED) is 0.847. The molecule has 5 heteroatoms. The van der Waals surface area contributed by atoms with E-state index < -0.39 is 6.04 Å². The van der Waals surface area contributed by atoms with Gasteiger partial charge in [-0.25, -0.2) is 4.68 Å². The summed E-state index contributed by atoms with van der Waals surface area (Å²) in [6.45, 7) is 2.08. The Morgan fingerprint density at radius 1 is 1.45 bits per heavy atom. The van der Waals surface area contributed by atoms with Gasteiger partial charge in [-0.1, -0.05) is 25.8 Å². The molecule has 1 aromatic heterocycles. The molecule has 106 valence electrons. The molecule has 0 radical (unpaired) electrons. The lowest BCUT2D eigenvalue weighted by atomic mass is 10.1. The average Bonchev–Trinajstić information content (AvgIpc) is 2.99. The summed E-state index contributed by atoms with van der Waals surface area (Å²) in [5.41, 5.74) is 7.48. The first-order chi connectivity index (χ1) is 9.70. The molecule has 1 amide bonds. The van der Waals surface area contributed by atoms with Crippen LogP contribution in [0.5, 0.6) is 0 Å². The van der Waals surface area contributed by atoms with Gasteiger partial charge in [-0.05, 0) is 30.7 Å². The van der Waals surface area contributed by atoms with E-state index in [2.05, 4.69) is 17.3 Å². The maximum atomic E-state index is 12.0. The number of aromatic nitrogens is 2. The van der Waals surface area contributed by atoms with Crippen LogP contribution in [0.25, 0.3) is 5.69 Å². The number of benzene rings is 1. The maximum Gasteiger partial charge on any atom is 0.241 e. The minimum Gasteiger partial charge on any atom is -0.325 e. The molecule has 0 bridgehead atoms. The van der Waals surface area contributed by atoms with Crippen LogP contribution >= 0.6 is 0 Å². The zero-order valence-electron chi connectivity index (χ0n) is 11.6. The van der Waals surface area contributed by atoms with Crippen LogP contribution in [0.2, 0.25) is 0 Å². The molecule has 2 rings (SSSR count). The van der Waals surface area contributed by atoms with Crippen molar-refractivity contribution in [3.8, 4) is 5.69 Å². The maximum absolute atomic E-state index is 12.0. The summed E-state index contributed by atoms with van der Waals surface area (Å²) in [5.74, 6) is -0.143. The lowest BCUT2D eigenvalue weighted by Crippen LogP contribution is -2.35. The predicted molar refractivity (Wildman–Crippen MR) is 79.7 cm³/mol. The summed E-state index contributed by atoms with van der Waals surface area (Å²) in [6.07, 6.45) is 6.28. The topological polar surface area (TPSA) is 72.9 Å². The van der Waals surface area contributed by atoms with E-state index in [1.165, 1.54) is 0 Å². The van der Waals surface area contributed by atoms with Gasteiger partial charge in [0.05, 0.1) is 11.7 Å². The molecule has 0 aliphatic heterocycles. The van der Waals surface area contributed by atoms with Gasteiger partial charge >= 0.3 is 0 Å². The first kappa shape index (κ1) is 14.3. The van der Waals surface area contributed by atoms with Crippen LogP contribution in [0.15, 0.2) is 42.7 Å². The molecule has 1 aromatic carbocycles. The number of nitrogens with zero attached hydrogens (tertiary/aromatic N) is 2. The molecule has 5 nitrogen and oxygen atoms in total. The third-order valence-electron chi connectivity index (χ3n) is 3.09. The zero-order valence-corrected chi connectivity index (χ0v) is 11.6. The van der Waals surface area contributed by atoms with Crippen LogP contribution in [-0.4, -0.2) is 21.7 Å². The van der Waals surface area contributed by atoms with Crippen molar-refractivity contribution in [2.45, 2.75) is 32.2 Å². The van der Waals surface area contributed by atoms with Gasteiger partial charge in [0.1, 0.15) is 0 Å². The predicted octanol–water partition coefficient (Wildman–Crippen LogP) is 2.33. The largest absolute Gasteiger partial charge is 0.325 e. The SMILES string of the molecule is CCCC[C@H](N)C(=O)Nc1cccc(-n2cccn2)c1. The molecule has 0 saturated carbocycles. The fourth-order valence-corrected chi connectivity index (χ4v) is 1.94. The van der Waals surface area contributed by atoms with Crippen molar-refractivity contribution in [1.29, 1.82) is 0 Å². The van der Waals surface area contributed by atoms with E-state index in [4.69, 9.17) is 5.73 Å². The molecule has 0 saturated heterocycles. The lowest BCUT2D eigenvalue weighted by Gasteiger charge is -2.12. The monoisotopic (exact) mass is 272 g/mol. The first-order valence-electron chi connectivity index (χ1n) is 6.87. The molecule has 2 aromatic rings. The van der Waals surface area contributed by atoms with Crippen molar-refractivity contribution in [3.05, 3.63) is 42.7 Å². The molecule has 0 aliphatic carbocycles. The van der Waals surface area contributed by atoms with E-state index >= 15 is 0 Å². The molecule has 0 aliphatic rings. The highest BCUT2D eigenvalue weighted by Crippen LogP contribution is 2.14. The Bertz CT molecular complexity index is 551. The first-order valence-corrected chi connectivity index (χ1v) is 6.87. The highest BCUT2D eigenvalue weighted by molar-refractivity contribution is 5.94.